The number of carboxylic acids is 1. The van der Waals surface area contributed by atoms with Gasteiger partial charge < -0.3 is 5.11 Å². The van der Waals surface area contributed by atoms with E-state index < -0.39 is 5.97 Å². The van der Waals surface area contributed by atoms with E-state index in [-0.39, 0.29) is 12.2 Å². The monoisotopic (exact) mass is 316 g/mol. The van der Waals surface area contributed by atoms with Gasteiger partial charge >= 0.3 is 5.97 Å². The SMILES string of the molecule is CCCCCC=CC=C1C(=O)CC=C1C/C=C/CCCC(=O)O. The molecule has 0 saturated heterocycles. The van der Waals surface area contributed by atoms with Crippen LogP contribution >= 0.6 is 0 Å². The zero-order chi connectivity index (χ0) is 16.9. The Morgan fingerprint density at radius 2 is 1.96 bits per heavy atom. The normalized spacial score (nSPS) is 16.8. The van der Waals surface area contributed by atoms with E-state index in [1.54, 1.807) is 0 Å². The standard InChI is InChI=1S/C20H28O3/c1-2-3-4-5-6-10-13-18-17(15-16-19(18)21)12-9-7-8-11-14-20(22)23/h6-7,9-10,13,15H,2-5,8,11-12,14,16H2,1H3,(H,22,23)/b9-7+,10-6?,18-13?. The number of Topliss-reactive ketones (excluding diaryl/α,β-unsaturated/α-hetero) is 1. The van der Waals surface area contributed by atoms with Crippen molar-refractivity contribution >= 4 is 11.8 Å². The molecule has 0 heterocycles. The molecular formula is C20H28O3. The first-order valence-corrected chi connectivity index (χ1v) is 8.61. The molecule has 0 unspecified atom stereocenters. The van der Waals surface area contributed by atoms with E-state index in [0.717, 1.165) is 30.4 Å². The van der Waals surface area contributed by atoms with E-state index in [1.165, 1.54) is 19.3 Å². The van der Waals surface area contributed by atoms with Gasteiger partial charge in [0.05, 0.1) is 0 Å². The lowest BCUT2D eigenvalue weighted by Crippen LogP contribution is -1.95. The van der Waals surface area contributed by atoms with Crippen LogP contribution in [0.1, 0.15) is 64.7 Å². The fourth-order valence-electron chi connectivity index (χ4n) is 2.48. The minimum absolute atomic E-state index is 0.192. The van der Waals surface area contributed by atoms with E-state index in [9.17, 15) is 9.59 Å². The Bertz CT molecular complexity index is 507. The summed E-state index contributed by atoms with van der Waals surface area (Å²) in [4.78, 5) is 22.3. The molecular weight excluding hydrogens is 288 g/mol. The van der Waals surface area contributed by atoms with Gasteiger partial charge in [-0.3, -0.25) is 9.59 Å². The summed E-state index contributed by atoms with van der Waals surface area (Å²) in [6.45, 7) is 2.19. The van der Waals surface area contributed by atoms with Gasteiger partial charge in [0, 0.05) is 18.4 Å². The molecule has 0 aromatic rings. The van der Waals surface area contributed by atoms with Gasteiger partial charge in [-0.05, 0) is 37.7 Å². The molecule has 3 nitrogen and oxygen atoms in total. The fraction of sp³-hybridized carbons (Fsp3) is 0.500. The average Bonchev–Trinajstić information content (AvgIpc) is 2.86. The fourth-order valence-corrected chi connectivity index (χ4v) is 2.48. The molecule has 23 heavy (non-hydrogen) atoms. The zero-order valence-electron chi connectivity index (χ0n) is 14.1. The summed E-state index contributed by atoms with van der Waals surface area (Å²) in [7, 11) is 0. The molecule has 0 bridgehead atoms. The van der Waals surface area contributed by atoms with Gasteiger partial charge in [-0.25, -0.2) is 0 Å². The van der Waals surface area contributed by atoms with Crippen molar-refractivity contribution in [2.45, 2.75) is 64.7 Å². The van der Waals surface area contributed by atoms with Crippen LogP contribution in [0.2, 0.25) is 0 Å². The van der Waals surface area contributed by atoms with Gasteiger partial charge in [-0.1, -0.05) is 56.2 Å². The molecule has 0 aliphatic heterocycles. The quantitative estimate of drug-likeness (QED) is 0.326. The predicted octanol–water partition coefficient (Wildman–Crippen LogP) is 5.15. The van der Waals surface area contributed by atoms with Gasteiger partial charge in [-0.2, -0.15) is 0 Å². The summed E-state index contributed by atoms with van der Waals surface area (Å²) in [5.74, 6) is -0.559. The number of ketones is 1. The molecule has 1 aliphatic carbocycles. The van der Waals surface area contributed by atoms with Crippen molar-refractivity contribution in [3.63, 3.8) is 0 Å². The molecule has 0 spiro atoms. The van der Waals surface area contributed by atoms with Crippen LogP contribution in [-0.4, -0.2) is 16.9 Å². The Kier molecular flexibility index (Phi) is 9.69. The molecule has 0 fully saturated rings. The molecule has 1 aliphatic rings. The van der Waals surface area contributed by atoms with Crippen molar-refractivity contribution in [3.8, 4) is 0 Å². The molecule has 0 saturated carbocycles. The summed E-state index contributed by atoms with van der Waals surface area (Å²) < 4.78 is 0. The number of aliphatic carboxylic acids is 1. The Hall–Kier alpha value is -1.90. The minimum Gasteiger partial charge on any atom is -0.481 e. The lowest BCUT2D eigenvalue weighted by molar-refractivity contribution is -0.137. The first-order chi connectivity index (χ1) is 11.1. The second-order valence-corrected chi connectivity index (χ2v) is 5.82. The summed E-state index contributed by atoms with van der Waals surface area (Å²) in [5, 5.41) is 8.57. The van der Waals surface area contributed by atoms with Crippen molar-refractivity contribution in [3.05, 3.63) is 47.6 Å². The van der Waals surface area contributed by atoms with Crippen LogP contribution in [0.15, 0.2) is 47.6 Å². The first kappa shape index (κ1) is 19.1. The van der Waals surface area contributed by atoms with E-state index in [2.05, 4.69) is 13.0 Å². The van der Waals surface area contributed by atoms with Gasteiger partial charge in [0.1, 0.15) is 0 Å². The number of rotatable bonds is 11. The van der Waals surface area contributed by atoms with Crippen molar-refractivity contribution in [1.82, 2.24) is 0 Å². The highest BCUT2D eigenvalue weighted by Crippen LogP contribution is 2.25. The summed E-state index contributed by atoms with van der Waals surface area (Å²) in [6, 6.07) is 0. The third-order valence-corrected chi connectivity index (χ3v) is 3.82. The lowest BCUT2D eigenvalue weighted by Gasteiger charge is -2.00. The molecule has 0 atom stereocenters. The van der Waals surface area contributed by atoms with Crippen molar-refractivity contribution < 1.29 is 14.7 Å². The third-order valence-electron chi connectivity index (χ3n) is 3.82. The molecule has 126 valence electrons. The smallest absolute Gasteiger partial charge is 0.303 e. The maximum Gasteiger partial charge on any atom is 0.303 e. The lowest BCUT2D eigenvalue weighted by atomic mass is 10.0. The highest BCUT2D eigenvalue weighted by atomic mass is 16.4. The molecule has 0 radical (unpaired) electrons. The van der Waals surface area contributed by atoms with Gasteiger partial charge in [0.25, 0.3) is 0 Å². The summed E-state index contributed by atoms with van der Waals surface area (Å²) in [5.41, 5.74) is 1.91. The van der Waals surface area contributed by atoms with Crippen LogP contribution < -0.4 is 0 Å². The largest absolute Gasteiger partial charge is 0.481 e. The van der Waals surface area contributed by atoms with Crippen molar-refractivity contribution in [1.29, 1.82) is 0 Å². The molecule has 1 N–H and O–H groups in total. The topological polar surface area (TPSA) is 54.4 Å². The number of carbonyl (C=O) groups excluding carboxylic acids is 1. The van der Waals surface area contributed by atoms with Gasteiger partial charge in [0.2, 0.25) is 0 Å². The Balaban J connectivity index is 2.40. The van der Waals surface area contributed by atoms with E-state index in [4.69, 9.17) is 5.11 Å². The summed E-state index contributed by atoms with van der Waals surface area (Å²) in [6.07, 6.45) is 19.7. The van der Waals surface area contributed by atoms with Crippen molar-refractivity contribution in [2.75, 3.05) is 0 Å². The van der Waals surface area contributed by atoms with Crippen LogP contribution in [0.25, 0.3) is 0 Å². The summed E-state index contributed by atoms with van der Waals surface area (Å²) >= 11 is 0. The Labute approximate surface area is 139 Å². The van der Waals surface area contributed by atoms with Crippen molar-refractivity contribution in [2.24, 2.45) is 0 Å². The van der Waals surface area contributed by atoms with E-state index >= 15 is 0 Å². The van der Waals surface area contributed by atoms with Gasteiger partial charge in [0.15, 0.2) is 5.78 Å². The first-order valence-electron chi connectivity index (χ1n) is 8.61. The van der Waals surface area contributed by atoms with E-state index in [0.29, 0.717) is 12.8 Å². The Morgan fingerprint density at radius 1 is 1.17 bits per heavy atom. The maximum atomic E-state index is 11.9. The number of hydrogen-bond donors (Lipinski definition) is 1. The predicted molar refractivity (Wildman–Crippen MR) is 94.3 cm³/mol. The number of carbonyl (C=O) groups is 2. The van der Waals surface area contributed by atoms with Gasteiger partial charge in [-0.15, -0.1) is 0 Å². The van der Waals surface area contributed by atoms with Crippen LogP contribution in [-0.2, 0) is 9.59 Å². The number of allylic oxidation sites excluding steroid dienone is 8. The number of unbranched alkanes of at least 4 members (excludes halogenated alkanes) is 4. The third kappa shape index (κ3) is 8.34. The molecule has 0 aromatic heterocycles. The Morgan fingerprint density at radius 3 is 2.70 bits per heavy atom. The number of hydrogen-bond acceptors (Lipinski definition) is 2. The molecule has 0 aromatic carbocycles. The zero-order valence-corrected chi connectivity index (χ0v) is 14.1. The number of carboxylic acid groups (broad SMARTS) is 1. The highest BCUT2D eigenvalue weighted by molar-refractivity contribution is 6.03. The van der Waals surface area contributed by atoms with Crippen LogP contribution in [0.5, 0.6) is 0 Å². The average molecular weight is 316 g/mol. The molecule has 1 rings (SSSR count). The maximum absolute atomic E-state index is 11.9. The molecule has 0 amide bonds. The molecule has 3 heteroatoms. The van der Waals surface area contributed by atoms with Crippen LogP contribution in [0.4, 0.5) is 0 Å². The highest BCUT2D eigenvalue weighted by Gasteiger charge is 2.18. The second kappa shape index (κ2) is 11.6. The second-order valence-electron chi connectivity index (χ2n) is 5.82. The van der Waals surface area contributed by atoms with Crippen LogP contribution in [0.3, 0.4) is 0 Å². The van der Waals surface area contributed by atoms with E-state index in [1.807, 2.05) is 30.4 Å². The minimum atomic E-state index is -0.751. The van der Waals surface area contributed by atoms with Crippen LogP contribution in [0, 0.1) is 0 Å².